The topological polar surface area (TPSA) is 46.0 Å². The lowest BCUT2D eigenvalue weighted by molar-refractivity contribution is 0.268. The molecule has 0 radical (unpaired) electrons. The highest BCUT2D eigenvalue weighted by atomic mass is 15.3. The molecule has 1 aromatic heterocycles. The molecule has 96 valence electrons. The highest BCUT2D eigenvalue weighted by Gasteiger charge is 2.23. The van der Waals surface area contributed by atoms with Gasteiger partial charge in [0.05, 0.1) is 6.54 Å². The van der Waals surface area contributed by atoms with Crippen LogP contribution >= 0.6 is 0 Å². The number of aryl methyl sites for hydroxylation is 1. The summed E-state index contributed by atoms with van der Waals surface area (Å²) in [7, 11) is 0. The molecule has 0 bridgehead atoms. The van der Waals surface area contributed by atoms with E-state index in [9.17, 15) is 0 Å². The first-order valence-corrected chi connectivity index (χ1v) is 6.54. The zero-order valence-electron chi connectivity index (χ0n) is 11.1. The van der Waals surface area contributed by atoms with Crippen LogP contribution < -0.4 is 5.32 Å². The van der Waals surface area contributed by atoms with Crippen LogP contribution in [0.1, 0.15) is 33.0 Å². The monoisotopic (exact) mass is 237 g/mol. The maximum Gasteiger partial charge on any atom is 0.146 e. The molecular weight excluding hydrogens is 214 g/mol. The molecule has 0 amide bonds. The van der Waals surface area contributed by atoms with Crippen LogP contribution in [0.5, 0.6) is 0 Å². The van der Waals surface area contributed by atoms with Gasteiger partial charge in [-0.1, -0.05) is 0 Å². The van der Waals surface area contributed by atoms with Crippen LogP contribution in [0.15, 0.2) is 6.33 Å². The van der Waals surface area contributed by atoms with E-state index < -0.39 is 0 Å². The lowest BCUT2D eigenvalue weighted by atomic mass is 10.2. The Morgan fingerprint density at radius 1 is 1.53 bits per heavy atom. The highest BCUT2D eigenvalue weighted by molar-refractivity contribution is 4.88. The second-order valence-electron chi connectivity index (χ2n) is 4.99. The number of nitrogens with one attached hydrogen (secondary N) is 1. The smallest absolute Gasteiger partial charge is 0.146 e. The van der Waals surface area contributed by atoms with Gasteiger partial charge in [-0.05, 0) is 33.7 Å². The molecule has 0 spiro atoms. The number of hydrogen-bond acceptors (Lipinski definition) is 4. The van der Waals surface area contributed by atoms with Crippen molar-refractivity contribution in [2.75, 3.05) is 13.1 Å². The number of nitrogens with zero attached hydrogens (tertiary/aromatic N) is 4. The van der Waals surface area contributed by atoms with Gasteiger partial charge in [0.15, 0.2) is 0 Å². The van der Waals surface area contributed by atoms with E-state index in [2.05, 4.69) is 45.8 Å². The van der Waals surface area contributed by atoms with Crippen molar-refractivity contribution < 1.29 is 0 Å². The lowest BCUT2D eigenvalue weighted by Crippen LogP contribution is -2.35. The van der Waals surface area contributed by atoms with E-state index >= 15 is 0 Å². The summed E-state index contributed by atoms with van der Waals surface area (Å²) in [6.45, 7) is 10.8. The Morgan fingerprint density at radius 3 is 3.00 bits per heavy atom. The summed E-state index contributed by atoms with van der Waals surface area (Å²) in [5.74, 6) is 1.04. The molecule has 0 saturated carbocycles. The molecule has 1 N–H and O–H groups in total. The first-order valence-electron chi connectivity index (χ1n) is 6.54. The third kappa shape index (κ3) is 3.04. The molecule has 1 fully saturated rings. The van der Waals surface area contributed by atoms with Crippen LogP contribution in [0.2, 0.25) is 0 Å². The predicted molar refractivity (Wildman–Crippen MR) is 67.6 cm³/mol. The average molecular weight is 237 g/mol. The third-order valence-corrected chi connectivity index (χ3v) is 3.54. The molecule has 1 aromatic rings. The van der Waals surface area contributed by atoms with Gasteiger partial charge in [-0.25, -0.2) is 0 Å². The van der Waals surface area contributed by atoms with E-state index in [0.29, 0.717) is 12.1 Å². The minimum Gasteiger partial charge on any atom is -0.317 e. The SMILES string of the molecule is CCn1cnnc1CNC1CCN(C(C)C)C1. The Kier molecular flexibility index (Phi) is 4.12. The summed E-state index contributed by atoms with van der Waals surface area (Å²) >= 11 is 0. The van der Waals surface area contributed by atoms with Gasteiger partial charge in [0, 0.05) is 25.2 Å². The van der Waals surface area contributed by atoms with Gasteiger partial charge in [0.2, 0.25) is 0 Å². The third-order valence-electron chi connectivity index (χ3n) is 3.54. The van der Waals surface area contributed by atoms with Crippen molar-refractivity contribution in [3.05, 3.63) is 12.2 Å². The van der Waals surface area contributed by atoms with Crippen LogP contribution in [0, 0.1) is 0 Å². The minimum atomic E-state index is 0.597. The van der Waals surface area contributed by atoms with Gasteiger partial charge in [0.25, 0.3) is 0 Å². The van der Waals surface area contributed by atoms with Crippen molar-refractivity contribution in [1.82, 2.24) is 25.0 Å². The molecule has 0 aliphatic carbocycles. The van der Waals surface area contributed by atoms with Crippen molar-refractivity contribution in [3.8, 4) is 0 Å². The zero-order valence-corrected chi connectivity index (χ0v) is 11.1. The Morgan fingerprint density at radius 2 is 2.35 bits per heavy atom. The fraction of sp³-hybridized carbons (Fsp3) is 0.833. The Balaban J connectivity index is 1.80. The lowest BCUT2D eigenvalue weighted by Gasteiger charge is -2.20. The van der Waals surface area contributed by atoms with Crippen molar-refractivity contribution in [1.29, 1.82) is 0 Å². The first kappa shape index (κ1) is 12.5. The van der Waals surface area contributed by atoms with Gasteiger partial charge in [-0.3, -0.25) is 4.90 Å². The van der Waals surface area contributed by atoms with Crippen molar-refractivity contribution in [2.45, 2.75) is 52.4 Å². The predicted octanol–water partition coefficient (Wildman–Crippen LogP) is 0.870. The summed E-state index contributed by atoms with van der Waals surface area (Å²) in [4.78, 5) is 2.52. The van der Waals surface area contributed by atoms with Gasteiger partial charge in [0.1, 0.15) is 12.2 Å². The molecule has 1 saturated heterocycles. The summed E-state index contributed by atoms with van der Waals surface area (Å²) in [5, 5.41) is 11.7. The molecule has 5 heteroatoms. The second-order valence-corrected chi connectivity index (χ2v) is 4.99. The van der Waals surface area contributed by atoms with Crippen molar-refractivity contribution >= 4 is 0 Å². The molecule has 5 nitrogen and oxygen atoms in total. The standard InChI is InChI=1S/C12H23N5/c1-4-16-9-14-15-12(16)7-13-11-5-6-17(8-11)10(2)3/h9-11,13H,4-8H2,1-3H3. The number of aromatic nitrogens is 3. The van der Waals surface area contributed by atoms with Crippen LogP contribution in [0.25, 0.3) is 0 Å². The van der Waals surface area contributed by atoms with E-state index in [0.717, 1.165) is 25.5 Å². The summed E-state index contributed by atoms with van der Waals surface area (Å²) in [5.41, 5.74) is 0. The maximum absolute atomic E-state index is 4.14. The summed E-state index contributed by atoms with van der Waals surface area (Å²) in [6.07, 6.45) is 3.03. The molecule has 1 atom stereocenters. The molecular formula is C12H23N5. The quantitative estimate of drug-likeness (QED) is 0.825. The number of hydrogen-bond donors (Lipinski definition) is 1. The average Bonchev–Trinajstić information content (AvgIpc) is 2.95. The fourth-order valence-electron chi connectivity index (χ4n) is 2.34. The largest absolute Gasteiger partial charge is 0.317 e. The van der Waals surface area contributed by atoms with Crippen LogP contribution in [-0.2, 0) is 13.1 Å². The van der Waals surface area contributed by atoms with Gasteiger partial charge >= 0.3 is 0 Å². The Bertz CT molecular complexity index is 346. The molecule has 1 unspecified atom stereocenters. The summed E-state index contributed by atoms with van der Waals surface area (Å²) in [6, 6.07) is 1.25. The van der Waals surface area contributed by atoms with Crippen molar-refractivity contribution in [2.24, 2.45) is 0 Å². The van der Waals surface area contributed by atoms with Gasteiger partial charge < -0.3 is 9.88 Å². The molecule has 2 rings (SSSR count). The van der Waals surface area contributed by atoms with Gasteiger partial charge in [-0.2, -0.15) is 0 Å². The van der Waals surface area contributed by atoms with E-state index in [1.54, 1.807) is 6.33 Å². The van der Waals surface area contributed by atoms with E-state index in [1.165, 1.54) is 13.0 Å². The Hall–Kier alpha value is -0.940. The number of rotatable bonds is 5. The minimum absolute atomic E-state index is 0.597. The highest BCUT2D eigenvalue weighted by Crippen LogP contribution is 2.12. The normalized spacial score (nSPS) is 21.5. The number of likely N-dealkylation sites (tertiary alicyclic amines) is 1. The van der Waals surface area contributed by atoms with Gasteiger partial charge in [-0.15, -0.1) is 10.2 Å². The van der Waals surface area contributed by atoms with E-state index in [4.69, 9.17) is 0 Å². The zero-order chi connectivity index (χ0) is 12.3. The van der Waals surface area contributed by atoms with E-state index in [-0.39, 0.29) is 0 Å². The Labute approximate surface area is 103 Å². The molecule has 17 heavy (non-hydrogen) atoms. The summed E-state index contributed by atoms with van der Waals surface area (Å²) < 4.78 is 2.09. The maximum atomic E-state index is 4.14. The van der Waals surface area contributed by atoms with Crippen molar-refractivity contribution in [3.63, 3.8) is 0 Å². The molecule has 1 aliphatic rings. The molecule has 1 aliphatic heterocycles. The fourth-order valence-corrected chi connectivity index (χ4v) is 2.34. The second kappa shape index (κ2) is 5.60. The van der Waals surface area contributed by atoms with Crippen LogP contribution in [-0.4, -0.2) is 44.8 Å². The van der Waals surface area contributed by atoms with Crippen LogP contribution in [0.4, 0.5) is 0 Å². The van der Waals surface area contributed by atoms with E-state index in [1.807, 2.05) is 0 Å². The molecule has 2 heterocycles. The van der Waals surface area contributed by atoms with Crippen LogP contribution in [0.3, 0.4) is 0 Å². The molecule has 0 aromatic carbocycles. The first-order chi connectivity index (χ1) is 8.20.